The molecule has 3 heteroatoms. The predicted octanol–water partition coefficient (Wildman–Crippen LogP) is 2.24. The molecule has 0 saturated carbocycles. The average molecular weight is 269 g/mol. The highest BCUT2D eigenvalue weighted by atomic mass is 127. The third-order valence-corrected chi connectivity index (χ3v) is 2.32. The normalized spacial score (nSPS) is 14.2. The molecular weight excluding hydrogens is 263 g/mol. The van der Waals surface area contributed by atoms with Gasteiger partial charge in [-0.2, -0.15) is 0 Å². The molecule has 0 unspecified atom stereocenters. The first-order chi connectivity index (χ1) is 5.86. The van der Waals surface area contributed by atoms with Crippen LogP contribution in [0.3, 0.4) is 0 Å². The lowest BCUT2D eigenvalue weighted by atomic mass is 10.2. The lowest BCUT2D eigenvalue weighted by Crippen LogP contribution is -1.95. The van der Waals surface area contributed by atoms with E-state index in [9.17, 15) is 0 Å². The smallest absolute Gasteiger partial charge is 0.116 e. The topological polar surface area (TPSA) is 26.5 Å². The molecule has 2 rings (SSSR count). The van der Waals surface area contributed by atoms with Crippen LogP contribution in [0, 0.1) is 3.57 Å². The summed E-state index contributed by atoms with van der Waals surface area (Å²) < 4.78 is 1.23. The first kappa shape index (κ1) is 7.79. The summed E-state index contributed by atoms with van der Waals surface area (Å²) in [7, 11) is 0. The molecular formula is C9H6IN2. The Morgan fingerprint density at radius 1 is 1.08 bits per heavy atom. The molecule has 1 aliphatic heterocycles. The first-order valence-corrected chi connectivity index (χ1v) is 4.63. The molecule has 0 saturated heterocycles. The van der Waals surface area contributed by atoms with Crippen molar-refractivity contribution in [3.8, 4) is 0 Å². The zero-order valence-corrected chi connectivity index (χ0v) is 8.39. The highest BCUT2D eigenvalue weighted by Gasteiger charge is 2.03. The Morgan fingerprint density at radius 3 is 2.42 bits per heavy atom. The van der Waals surface area contributed by atoms with Crippen LogP contribution in [0.15, 0.2) is 35.5 Å². The lowest BCUT2D eigenvalue weighted by molar-refractivity contribution is 1.34. The fraction of sp³-hybridized carbons (Fsp3) is 0. The molecule has 1 heterocycles. The molecule has 1 aromatic carbocycles. The van der Waals surface area contributed by atoms with Crippen LogP contribution in [0.2, 0.25) is 0 Å². The molecule has 0 fully saturated rings. The minimum Gasteiger partial charge on any atom is -0.243 e. The number of hydrogen-bond donors (Lipinski definition) is 0. The van der Waals surface area contributed by atoms with Gasteiger partial charge in [0.05, 0.1) is 11.9 Å². The van der Waals surface area contributed by atoms with Crippen LogP contribution in [0.25, 0.3) is 5.70 Å². The largest absolute Gasteiger partial charge is 0.243 e. The van der Waals surface area contributed by atoms with Gasteiger partial charge in [-0.25, -0.2) is 10.3 Å². The predicted molar refractivity (Wildman–Crippen MR) is 57.8 cm³/mol. The van der Waals surface area contributed by atoms with Gasteiger partial charge in [0, 0.05) is 9.13 Å². The summed E-state index contributed by atoms with van der Waals surface area (Å²) in [5.74, 6) is 0. The maximum Gasteiger partial charge on any atom is 0.116 e. The summed E-state index contributed by atoms with van der Waals surface area (Å²) in [6.45, 7) is 0. The highest BCUT2D eigenvalue weighted by molar-refractivity contribution is 14.1. The van der Waals surface area contributed by atoms with E-state index in [1.807, 2.05) is 12.1 Å². The Balaban J connectivity index is 2.30. The Kier molecular flexibility index (Phi) is 2.12. The molecule has 0 aliphatic carbocycles. The van der Waals surface area contributed by atoms with Crippen LogP contribution in [0.1, 0.15) is 5.56 Å². The minimum absolute atomic E-state index is 0.936. The number of halogens is 1. The van der Waals surface area contributed by atoms with Gasteiger partial charge in [-0.1, -0.05) is 12.1 Å². The van der Waals surface area contributed by atoms with E-state index in [2.05, 4.69) is 45.0 Å². The second-order valence-electron chi connectivity index (χ2n) is 2.41. The molecule has 0 N–H and O–H groups in total. The molecule has 1 radical (unpaired) electrons. The Morgan fingerprint density at radius 2 is 1.83 bits per heavy atom. The van der Waals surface area contributed by atoms with E-state index >= 15 is 0 Å². The van der Waals surface area contributed by atoms with Crippen molar-refractivity contribution in [1.29, 1.82) is 0 Å². The minimum atomic E-state index is 0.936. The SMILES string of the molecule is Ic1ccc(C2=CN=C[N]2)cc1. The number of aliphatic imine (C=N–C) groups is 1. The third kappa shape index (κ3) is 1.50. The Bertz CT molecular complexity index is 338. The molecule has 2 nitrogen and oxygen atoms in total. The van der Waals surface area contributed by atoms with Gasteiger partial charge in [0.25, 0.3) is 0 Å². The van der Waals surface area contributed by atoms with Gasteiger partial charge in [-0.15, -0.1) is 0 Å². The van der Waals surface area contributed by atoms with E-state index in [1.54, 1.807) is 12.5 Å². The van der Waals surface area contributed by atoms with Crippen molar-refractivity contribution in [3.63, 3.8) is 0 Å². The summed E-state index contributed by atoms with van der Waals surface area (Å²) in [5.41, 5.74) is 2.05. The number of rotatable bonds is 1. The van der Waals surface area contributed by atoms with Crippen molar-refractivity contribution in [2.24, 2.45) is 4.99 Å². The lowest BCUT2D eigenvalue weighted by Gasteiger charge is -1.99. The van der Waals surface area contributed by atoms with Crippen molar-refractivity contribution in [2.45, 2.75) is 0 Å². The van der Waals surface area contributed by atoms with Gasteiger partial charge in [0.1, 0.15) is 6.34 Å². The summed E-state index contributed by atoms with van der Waals surface area (Å²) in [6.07, 6.45) is 3.33. The quantitative estimate of drug-likeness (QED) is 0.699. The van der Waals surface area contributed by atoms with E-state index in [1.165, 1.54) is 3.57 Å². The number of nitrogens with zero attached hydrogens (tertiary/aromatic N) is 2. The Hall–Kier alpha value is -0.840. The molecule has 1 aromatic rings. The van der Waals surface area contributed by atoms with E-state index in [4.69, 9.17) is 0 Å². The van der Waals surface area contributed by atoms with Crippen molar-refractivity contribution >= 4 is 34.6 Å². The molecule has 12 heavy (non-hydrogen) atoms. The fourth-order valence-electron chi connectivity index (χ4n) is 1.00. The summed E-state index contributed by atoms with van der Waals surface area (Å²) >= 11 is 2.28. The van der Waals surface area contributed by atoms with Crippen LogP contribution in [-0.2, 0) is 0 Å². The second-order valence-corrected chi connectivity index (χ2v) is 3.66. The maximum atomic E-state index is 4.10. The van der Waals surface area contributed by atoms with Gasteiger partial charge < -0.3 is 0 Å². The third-order valence-electron chi connectivity index (χ3n) is 1.60. The monoisotopic (exact) mass is 269 g/mol. The molecule has 0 amide bonds. The first-order valence-electron chi connectivity index (χ1n) is 3.55. The summed E-state index contributed by atoms with van der Waals surface area (Å²) in [5, 5.41) is 4.10. The second kappa shape index (κ2) is 3.26. The van der Waals surface area contributed by atoms with Crippen LogP contribution >= 0.6 is 22.6 Å². The van der Waals surface area contributed by atoms with Crippen molar-refractivity contribution in [2.75, 3.05) is 0 Å². The van der Waals surface area contributed by atoms with Crippen molar-refractivity contribution < 1.29 is 0 Å². The zero-order valence-electron chi connectivity index (χ0n) is 6.24. The van der Waals surface area contributed by atoms with Gasteiger partial charge in [0.15, 0.2) is 0 Å². The molecule has 0 atom stereocenters. The molecule has 1 aliphatic rings. The highest BCUT2D eigenvalue weighted by Crippen LogP contribution is 2.16. The van der Waals surface area contributed by atoms with Gasteiger partial charge >= 0.3 is 0 Å². The van der Waals surface area contributed by atoms with E-state index < -0.39 is 0 Å². The summed E-state index contributed by atoms with van der Waals surface area (Å²) in [4.78, 5) is 3.91. The van der Waals surface area contributed by atoms with E-state index in [0.29, 0.717) is 0 Å². The molecule has 0 bridgehead atoms. The average Bonchev–Trinajstić information content (AvgIpc) is 2.58. The maximum absolute atomic E-state index is 4.10. The molecule has 0 aromatic heterocycles. The van der Waals surface area contributed by atoms with E-state index in [-0.39, 0.29) is 0 Å². The number of benzene rings is 1. The van der Waals surface area contributed by atoms with Gasteiger partial charge in [-0.05, 0) is 34.7 Å². The number of hydrogen-bond acceptors (Lipinski definition) is 1. The Labute approximate surface area is 84.5 Å². The van der Waals surface area contributed by atoms with Gasteiger partial charge in [0.2, 0.25) is 0 Å². The van der Waals surface area contributed by atoms with Crippen molar-refractivity contribution in [1.82, 2.24) is 5.32 Å². The van der Waals surface area contributed by atoms with E-state index in [0.717, 1.165) is 11.3 Å². The van der Waals surface area contributed by atoms with Crippen LogP contribution in [0.4, 0.5) is 0 Å². The fourth-order valence-corrected chi connectivity index (χ4v) is 1.36. The zero-order chi connectivity index (χ0) is 8.39. The standard InChI is InChI=1S/C9H6IN2/c10-8-3-1-7(2-4-8)9-5-11-6-12-9/h1-6H. The summed E-state index contributed by atoms with van der Waals surface area (Å²) in [6, 6.07) is 8.22. The van der Waals surface area contributed by atoms with Crippen molar-refractivity contribution in [3.05, 3.63) is 39.6 Å². The van der Waals surface area contributed by atoms with Crippen LogP contribution in [0.5, 0.6) is 0 Å². The molecule has 0 spiro atoms. The molecule has 59 valence electrons. The van der Waals surface area contributed by atoms with Crippen LogP contribution < -0.4 is 5.32 Å². The van der Waals surface area contributed by atoms with Gasteiger partial charge in [-0.3, -0.25) is 0 Å². The van der Waals surface area contributed by atoms with Crippen LogP contribution in [-0.4, -0.2) is 6.34 Å².